The van der Waals surface area contributed by atoms with Gasteiger partial charge in [-0.15, -0.1) is 0 Å². The monoisotopic (exact) mass is 231 g/mol. The number of hydrogen-bond donors (Lipinski definition) is 1. The molecule has 3 nitrogen and oxygen atoms in total. The van der Waals surface area contributed by atoms with Gasteiger partial charge in [0.15, 0.2) is 0 Å². The van der Waals surface area contributed by atoms with Crippen molar-refractivity contribution >= 4 is 6.21 Å². The quantitative estimate of drug-likeness (QED) is 0.689. The van der Waals surface area contributed by atoms with Gasteiger partial charge in [-0.1, -0.05) is 12.8 Å². The Morgan fingerprint density at radius 1 is 1.12 bits per heavy atom. The van der Waals surface area contributed by atoms with Gasteiger partial charge in [0.2, 0.25) is 0 Å². The first kappa shape index (κ1) is 9.98. The topological polar surface area (TPSA) is 27.6 Å². The fraction of sp³-hybridized carbons (Fsp3) is 0.786. The molecule has 2 unspecified atom stereocenters. The molecule has 0 aromatic carbocycles. The first-order valence-corrected chi connectivity index (χ1v) is 7.20. The number of hydrogen-bond acceptors (Lipinski definition) is 3. The van der Waals surface area contributed by atoms with Crippen LogP contribution in [0.4, 0.5) is 0 Å². The molecule has 1 aliphatic carbocycles. The number of fused-ring (bicyclic) bond motifs is 3. The van der Waals surface area contributed by atoms with E-state index < -0.39 is 0 Å². The molecule has 2 bridgehead atoms. The van der Waals surface area contributed by atoms with E-state index in [9.17, 15) is 0 Å². The maximum Gasteiger partial charge on any atom is 0.0743 e. The Labute approximate surface area is 103 Å². The summed E-state index contributed by atoms with van der Waals surface area (Å²) in [5.41, 5.74) is 2.95. The van der Waals surface area contributed by atoms with Crippen LogP contribution in [0.2, 0.25) is 0 Å². The molecule has 1 N–H and O–H groups in total. The molecule has 0 spiro atoms. The first-order valence-electron chi connectivity index (χ1n) is 7.20. The van der Waals surface area contributed by atoms with Gasteiger partial charge >= 0.3 is 0 Å². The van der Waals surface area contributed by atoms with Crippen LogP contribution >= 0.6 is 0 Å². The summed E-state index contributed by atoms with van der Waals surface area (Å²) in [6.07, 6.45) is 10.2. The van der Waals surface area contributed by atoms with Gasteiger partial charge in [0.25, 0.3) is 0 Å². The number of aliphatic imine (C=N–C) groups is 1. The molecular formula is C14H21N3. The first-order chi connectivity index (χ1) is 8.42. The van der Waals surface area contributed by atoms with E-state index in [-0.39, 0.29) is 0 Å². The van der Waals surface area contributed by atoms with Crippen LogP contribution in [0.15, 0.2) is 16.4 Å². The highest BCUT2D eigenvalue weighted by molar-refractivity contribution is 5.80. The van der Waals surface area contributed by atoms with E-state index in [0.29, 0.717) is 12.1 Å². The van der Waals surface area contributed by atoms with Crippen LogP contribution in [0.25, 0.3) is 0 Å². The molecule has 92 valence electrons. The Bertz CT molecular complexity index is 377. The molecule has 0 radical (unpaired) electrons. The molecule has 4 heterocycles. The van der Waals surface area contributed by atoms with Gasteiger partial charge in [-0.25, -0.2) is 0 Å². The molecule has 1 saturated heterocycles. The molecule has 0 aromatic heterocycles. The summed E-state index contributed by atoms with van der Waals surface area (Å²) in [7, 11) is 0. The average molecular weight is 231 g/mol. The lowest BCUT2D eigenvalue weighted by Crippen LogP contribution is -2.47. The minimum Gasteiger partial charge on any atom is -0.382 e. The van der Waals surface area contributed by atoms with Crippen molar-refractivity contribution < 1.29 is 0 Å². The van der Waals surface area contributed by atoms with Gasteiger partial charge < -0.3 is 10.2 Å². The third kappa shape index (κ3) is 1.51. The van der Waals surface area contributed by atoms with E-state index in [4.69, 9.17) is 4.99 Å². The molecule has 0 amide bonds. The lowest BCUT2D eigenvalue weighted by Gasteiger charge is -2.43. The smallest absolute Gasteiger partial charge is 0.0743 e. The van der Waals surface area contributed by atoms with E-state index in [0.717, 1.165) is 5.92 Å². The Balaban J connectivity index is 1.69. The largest absolute Gasteiger partial charge is 0.382 e. The molecule has 3 heteroatoms. The van der Waals surface area contributed by atoms with Crippen LogP contribution in [0.3, 0.4) is 0 Å². The lowest BCUT2D eigenvalue weighted by atomic mass is 9.85. The minimum absolute atomic E-state index is 0.537. The predicted molar refractivity (Wildman–Crippen MR) is 69.0 cm³/mol. The zero-order valence-electron chi connectivity index (χ0n) is 10.4. The highest BCUT2D eigenvalue weighted by atomic mass is 15.2. The summed E-state index contributed by atoms with van der Waals surface area (Å²) < 4.78 is 0. The van der Waals surface area contributed by atoms with E-state index in [1.54, 1.807) is 0 Å². The van der Waals surface area contributed by atoms with E-state index >= 15 is 0 Å². The number of nitrogens with zero attached hydrogens (tertiary/aromatic N) is 2. The van der Waals surface area contributed by atoms with Crippen LogP contribution in [0.5, 0.6) is 0 Å². The van der Waals surface area contributed by atoms with Crippen molar-refractivity contribution in [2.75, 3.05) is 13.1 Å². The third-order valence-corrected chi connectivity index (χ3v) is 4.98. The summed E-state index contributed by atoms with van der Waals surface area (Å²) >= 11 is 0. The maximum atomic E-state index is 4.86. The van der Waals surface area contributed by atoms with Gasteiger partial charge in [0.1, 0.15) is 0 Å². The summed E-state index contributed by atoms with van der Waals surface area (Å²) in [6.45, 7) is 2.49. The summed E-state index contributed by atoms with van der Waals surface area (Å²) in [5.74, 6) is 0.794. The second kappa shape index (κ2) is 3.76. The van der Waals surface area contributed by atoms with E-state index in [2.05, 4.69) is 16.4 Å². The summed E-state index contributed by atoms with van der Waals surface area (Å²) in [6, 6.07) is 1.16. The standard InChI is InChI=1S/C14H21N3/c1-2-4-12-11(3-1)15-9-13-14(16-12)10-5-7-17(13)8-6-10/h9-12,16H,1-8H2. The fourth-order valence-electron chi connectivity index (χ4n) is 3.96. The highest BCUT2D eigenvalue weighted by Crippen LogP contribution is 2.36. The number of allylic oxidation sites excluding steroid dienone is 2. The highest BCUT2D eigenvalue weighted by Gasteiger charge is 2.36. The molecule has 5 aliphatic rings. The summed E-state index contributed by atoms with van der Waals surface area (Å²) in [4.78, 5) is 7.39. The molecule has 5 rings (SSSR count). The van der Waals surface area contributed by atoms with Gasteiger partial charge in [0.05, 0.1) is 11.7 Å². The van der Waals surface area contributed by atoms with Crippen molar-refractivity contribution in [1.82, 2.24) is 10.2 Å². The molecule has 1 saturated carbocycles. The van der Waals surface area contributed by atoms with Gasteiger partial charge in [-0.2, -0.15) is 0 Å². The van der Waals surface area contributed by atoms with Crippen molar-refractivity contribution in [3.05, 3.63) is 11.4 Å². The van der Waals surface area contributed by atoms with E-state index in [1.165, 1.54) is 63.0 Å². The van der Waals surface area contributed by atoms with Crippen molar-refractivity contribution in [1.29, 1.82) is 0 Å². The Kier molecular flexibility index (Phi) is 2.20. The zero-order valence-corrected chi connectivity index (χ0v) is 10.4. The van der Waals surface area contributed by atoms with Crippen LogP contribution in [-0.4, -0.2) is 36.3 Å². The normalized spacial score (nSPS) is 36.4. The van der Waals surface area contributed by atoms with Crippen LogP contribution in [0.1, 0.15) is 38.5 Å². The van der Waals surface area contributed by atoms with Gasteiger partial charge in [-0.05, 0) is 25.7 Å². The lowest BCUT2D eigenvalue weighted by molar-refractivity contribution is 0.204. The summed E-state index contributed by atoms with van der Waals surface area (Å²) in [5, 5.41) is 3.86. The van der Waals surface area contributed by atoms with Crippen LogP contribution in [0, 0.1) is 5.92 Å². The Morgan fingerprint density at radius 2 is 1.94 bits per heavy atom. The third-order valence-electron chi connectivity index (χ3n) is 4.98. The molecule has 2 fully saturated rings. The average Bonchev–Trinajstić information content (AvgIpc) is 2.60. The number of piperidine rings is 1. The van der Waals surface area contributed by atoms with Crippen molar-refractivity contribution in [3.63, 3.8) is 0 Å². The second-order valence-electron chi connectivity index (χ2n) is 5.94. The van der Waals surface area contributed by atoms with E-state index in [1.807, 2.05) is 0 Å². The number of rotatable bonds is 0. The molecule has 4 aliphatic heterocycles. The van der Waals surface area contributed by atoms with Gasteiger partial charge in [0, 0.05) is 37.0 Å². The molecule has 2 atom stereocenters. The minimum atomic E-state index is 0.537. The van der Waals surface area contributed by atoms with Gasteiger partial charge in [-0.3, -0.25) is 4.99 Å². The maximum absolute atomic E-state index is 4.86. The molecule has 0 aromatic rings. The van der Waals surface area contributed by atoms with Crippen molar-refractivity contribution in [3.8, 4) is 0 Å². The molecule has 17 heavy (non-hydrogen) atoms. The number of nitrogens with one attached hydrogen (secondary N) is 1. The van der Waals surface area contributed by atoms with Crippen LogP contribution < -0.4 is 5.32 Å². The SMILES string of the molecule is C1=NC2CCCCC2NC2=C1N1CCC2CC1. The Morgan fingerprint density at radius 3 is 2.82 bits per heavy atom. The second-order valence-corrected chi connectivity index (χ2v) is 5.94. The van der Waals surface area contributed by atoms with Crippen molar-refractivity contribution in [2.45, 2.75) is 50.6 Å². The fourth-order valence-corrected chi connectivity index (χ4v) is 3.96. The Hall–Kier alpha value is -0.990. The predicted octanol–water partition coefficient (Wildman–Crippen LogP) is 1.91. The zero-order chi connectivity index (χ0) is 11.2. The van der Waals surface area contributed by atoms with Crippen LogP contribution in [-0.2, 0) is 0 Å². The molecular weight excluding hydrogens is 210 g/mol. The van der Waals surface area contributed by atoms with Crippen molar-refractivity contribution in [2.24, 2.45) is 10.9 Å².